The highest BCUT2D eigenvalue weighted by Crippen LogP contribution is 2.20. The van der Waals surface area contributed by atoms with Crippen LogP contribution in [-0.4, -0.2) is 30.4 Å². The van der Waals surface area contributed by atoms with E-state index in [0.717, 1.165) is 25.7 Å². The summed E-state index contributed by atoms with van der Waals surface area (Å²) < 4.78 is 10.0. The van der Waals surface area contributed by atoms with E-state index in [1.54, 1.807) is 31.2 Å². The molecule has 1 fully saturated rings. The van der Waals surface area contributed by atoms with Crippen LogP contribution in [0, 0.1) is 6.92 Å². The third-order valence-corrected chi connectivity index (χ3v) is 4.55. The van der Waals surface area contributed by atoms with Crippen molar-refractivity contribution >= 4 is 23.5 Å². The summed E-state index contributed by atoms with van der Waals surface area (Å²) in [6, 6.07) is 8.42. The van der Waals surface area contributed by atoms with Crippen LogP contribution in [0.25, 0.3) is 0 Å². The molecule has 2 aromatic rings. The van der Waals surface area contributed by atoms with Gasteiger partial charge in [0.2, 0.25) is 0 Å². The SMILES string of the molecule is Cc1occc1C(=O)OCC(=O)Nc1ccccc1C(=O)NC1CCCC1. The van der Waals surface area contributed by atoms with Crippen molar-refractivity contribution in [3.05, 3.63) is 53.5 Å². The first kappa shape index (κ1) is 18.7. The normalized spacial score (nSPS) is 14.0. The zero-order chi connectivity index (χ0) is 19.2. The van der Waals surface area contributed by atoms with Gasteiger partial charge in [0.15, 0.2) is 6.61 Å². The van der Waals surface area contributed by atoms with Gasteiger partial charge in [0.25, 0.3) is 11.8 Å². The summed E-state index contributed by atoms with van der Waals surface area (Å²) in [5, 5.41) is 5.63. The number of para-hydroxylation sites is 1. The van der Waals surface area contributed by atoms with Crippen molar-refractivity contribution in [1.29, 1.82) is 0 Å². The smallest absolute Gasteiger partial charge is 0.342 e. The van der Waals surface area contributed by atoms with E-state index in [2.05, 4.69) is 10.6 Å². The number of aryl methyl sites for hydroxylation is 1. The van der Waals surface area contributed by atoms with Crippen molar-refractivity contribution in [2.24, 2.45) is 0 Å². The summed E-state index contributed by atoms with van der Waals surface area (Å²) in [5.41, 5.74) is 1.04. The van der Waals surface area contributed by atoms with Crippen LogP contribution in [0.4, 0.5) is 5.69 Å². The third-order valence-electron chi connectivity index (χ3n) is 4.55. The van der Waals surface area contributed by atoms with Crippen LogP contribution in [0.5, 0.6) is 0 Å². The van der Waals surface area contributed by atoms with Gasteiger partial charge in [-0.3, -0.25) is 9.59 Å². The molecule has 0 radical (unpaired) electrons. The summed E-state index contributed by atoms with van der Waals surface area (Å²) in [7, 11) is 0. The van der Waals surface area contributed by atoms with E-state index in [-0.39, 0.29) is 17.5 Å². The molecule has 0 aliphatic heterocycles. The van der Waals surface area contributed by atoms with Crippen molar-refractivity contribution in [3.63, 3.8) is 0 Å². The highest BCUT2D eigenvalue weighted by atomic mass is 16.5. The fourth-order valence-electron chi connectivity index (χ4n) is 3.12. The Hall–Kier alpha value is -3.09. The fraction of sp³-hybridized carbons (Fsp3) is 0.350. The summed E-state index contributed by atoms with van der Waals surface area (Å²) in [6.45, 7) is 1.18. The zero-order valence-corrected chi connectivity index (χ0v) is 15.1. The Morgan fingerprint density at radius 3 is 2.56 bits per heavy atom. The van der Waals surface area contributed by atoms with E-state index < -0.39 is 18.5 Å². The van der Waals surface area contributed by atoms with Gasteiger partial charge < -0.3 is 19.8 Å². The lowest BCUT2D eigenvalue weighted by Crippen LogP contribution is -2.33. The number of carbonyl (C=O) groups is 3. The molecular weight excluding hydrogens is 348 g/mol. The Kier molecular flexibility index (Phi) is 5.90. The fourth-order valence-corrected chi connectivity index (χ4v) is 3.12. The Morgan fingerprint density at radius 1 is 1.11 bits per heavy atom. The van der Waals surface area contributed by atoms with Crippen LogP contribution in [0.3, 0.4) is 0 Å². The molecule has 1 aliphatic carbocycles. The highest BCUT2D eigenvalue weighted by molar-refractivity contribution is 6.04. The van der Waals surface area contributed by atoms with Crippen LogP contribution in [-0.2, 0) is 9.53 Å². The van der Waals surface area contributed by atoms with Gasteiger partial charge in [-0.15, -0.1) is 0 Å². The Balaban J connectivity index is 1.58. The molecule has 0 spiro atoms. The van der Waals surface area contributed by atoms with E-state index in [4.69, 9.17) is 9.15 Å². The number of ether oxygens (including phenoxy) is 1. The highest BCUT2D eigenvalue weighted by Gasteiger charge is 2.20. The van der Waals surface area contributed by atoms with Gasteiger partial charge in [-0.05, 0) is 38.0 Å². The topological polar surface area (TPSA) is 97.6 Å². The average Bonchev–Trinajstić information content (AvgIpc) is 3.31. The Bertz CT molecular complexity index is 836. The lowest BCUT2D eigenvalue weighted by atomic mass is 10.1. The second kappa shape index (κ2) is 8.53. The summed E-state index contributed by atoms with van der Waals surface area (Å²) in [6.07, 6.45) is 5.56. The largest absolute Gasteiger partial charge is 0.469 e. The molecule has 0 saturated heterocycles. The van der Waals surface area contributed by atoms with Crippen molar-refractivity contribution < 1.29 is 23.5 Å². The standard InChI is InChI=1S/C20H22N2O5/c1-13-15(10-11-26-13)20(25)27-12-18(23)22-17-9-5-4-8-16(17)19(24)21-14-6-2-3-7-14/h4-5,8-11,14H,2-3,6-7,12H2,1H3,(H,21,24)(H,22,23). The third kappa shape index (κ3) is 4.75. The number of benzene rings is 1. The van der Waals surface area contributed by atoms with E-state index in [0.29, 0.717) is 17.0 Å². The first-order valence-corrected chi connectivity index (χ1v) is 8.95. The average molecular weight is 370 g/mol. The van der Waals surface area contributed by atoms with Crippen LogP contribution in [0.2, 0.25) is 0 Å². The van der Waals surface area contributed by atoms with E-state index in [9.17, 15) is 14.4 Å². The van der Waals surface area contributed by atoms with Gasteiger partial charge in [-0.25, -0.2) is 4.79 Å². The van der Waals surface area contributed by atoms with Crippen molar-refractivity contribution in [2.45, 2.75) is 38.6 Å². The Morgan fingerprint density at radius 2 is 1.85 bits per heavy atom. The molecule has 0 atom stereocenters. The molecule has 1 saturated carbocycles. The molecule has 7 nitrogen and oxygen atoms in total. The number of esters is 1. The maximum absolute atomic E-state index is 12.5. The van der Waals surface area contributed by atoms with Gasteiger partial charge in [-0.2, -0.15) is 0 Å². The van der Waals surface area contributed by atoms with Gasteiger partial charge in [0, 0.05) is 6.04 Å². The summed E-state index contributed by atoms with van der Waals surface area (Å²) >= 11 is 0. The monoisotopic (exact) mass is 370 g/mol. The maximum atomic E-state index is 12.5. The molecule has 0 bridgehead atoms. The van der Waals surface area contributed by atoms with Crippen LogP contribution < -0.4 is 10.6 Å². The number of rotatable bonds is 6. The van der Waals surface area contributed by atoms with Gasteiger partial charge in [-0.1, -0.05) is 25.0 Å². The molecule has 3 rings (SSSR count). The predicted molar refractivity (Wildman–Crippen MR) is 98.5 cm³/mol. The van der Waals surface area contributed by atoms with Gasteiger partial charge in [0.05, 0.1) is 17.5 Å². The quantitative estimate of drug-likeness (QED) is 0.762. The first-order chi connectivity index (χ1) is 13.0. The minimum Gasteiger partial charge on any atom is -0.469 e. The molecule has 27 heavy (non-hydrogen) atoms. The molecule has 1 aromatic carbocycles. The second-order valence-corrected chi connectivity index (χ2v) is 6.52. The number of hydrogen-bond acceptors (Lipinski definition) is 5. The van der Waals surface area contributed by atoms with Crippen LogP contribution >= 0.6 is 0 Å². The zero-order valence-electron chi connectivity index (χ0n) is 15.1. The van der Waals surface area contributed by atoms with Crippen molar-refractivity contribution in [2.75, 3.05) is 11.9 Å². The molecule has 2 N–H and O–H groups in total. The molecule has 1 aromatic heterocycles. The molecule has 0 unspecified atom stereocenters. The molecule has 2 amide bonds. The van der Waals surface area contributed by atoms with E-state index in [1.807, 2.05) is 0 Å². The lowest BCUT2D eigenvalue weighted by Gasteiger charge is -2.15. The van der Waals surface area contributed by atoms with Gasteiger partial charge >= 0.3 is 5.97 Å². The number of hydrogen-bond donors (Lipinski definition) is 2. The number of furan rings is 1. The summed E-state index contributed by atoms with van der Waals surface area (Å²) in [5.74, 6) is -0.951. The predicted octanol–water partition coefficient (Wildman–Crippen LogP) is 3.06. The maximum Gasteiger partial charge on any atom is 0.342 e. The van der Waals surface area contributed by atoms with E-state index in [1.165, 1.54) is 12.3 Å². The number of nitrogens with one attached hydrogen (secondary N) is 2. The van der Waals surface area contributed by atoms with Crippen molar-refractivity contribution in [3.8, 4) is 0 Å². The second-order valence-electron chi connectivity index (χ2n) is 6.52. The van der Waals surface area contributed by atoms with Crippen LogP contribution in [0.1, 0.15) is 52.2 Å². The summed E-state index contributed by atoms with van der Waals surface area (Å²) in [4.78, 5) is 36.6. The number of amides is 2. The van der Waals surface area contributed by atoms with E-state index >= 15 is 0 Å². The number of carbonyl (C=O) groups excluding carboxylic acids is 3. The molecular formula is C20H22N2O5. The lowest BCUT2D eigenvalue weighted by molar-refractivity contribution is -0.119. The number of anilines is 1. The minimum absolute atomic E-state index is 0.181. The molecule has 1 aliphatic rings. The minimum atomic E-state index is -0.635. The molecule has 1 heterocycles. The Labute approximate surface area is 157 Å². The molecule has 7 heteroatoms. The first-order valence-electron chi connectivity index (χ1n) is 8.95. The van der Waals surface area contributed by atoms with Crippen molar-refractivity contribution in [1.82, 2.24) is 5.32 Å². The van der Waals surface area contributed by atoms with Gasteiger partial charge in [0.1, 0.15) is 11.3 Å². The molecule has 142 valence electrons. The van der Waals surface area contributed by atoms with Crippen LogP contribution in [0.15, 0.2) is 41.0 Å².